The molecule has 3 fully saturated rings. The summed E-state index contributed by atoms with van der Waals surface area (Å²) in [5.41, 5.74) is 1.46. The topological polar surface area (TPSA) is 547 Å². The molecule has 39 heteroatoms. The van der Waals surface area contributed by atoms with E-state index in [4.69, 9.17) is 117 Å². The zero-order valence-corrected chi connectivity index (χ0v) is 87.0. The summed E-state index contributed by atoms with van der Waals surface area (Å²) in [6, 6.07) is 31.6. The minimum absolute atomic E-state index is 0.0257. The van der Waals surface area contributed by atoms with E-state index in [-0.39, 0.29) is 120 Å². The number of halogens is 3. The maximum atomic E-state index is 11.3. The van der Waals surface area contributed by atoms with Crippen molar-refractivity contribution in [3.63, 3.8) is 0 Å². The molecular formula is C106H153BrCl2O36. The van der Waals surface area contributed by atoms with Gasteiger partial charge in [0.25, 0.3) is 0 Å². The molecule has 3 aliphatic rings. The average molecular weight is 2150 g/mol. The molecular weight excluding hydrogens is 2000 g/mol. The van der Waals surface area contributed by atoms with Gasteiger partial charge in [0, 0.05) is 58.1 Å². The summed E-state index contributed by atoms with van der Waals surface area (Å²) in [6.07, 6.45) is 31.5. The van der Waals surface area contributed by atoms with Gasteiger partial charge in [-0.05, 0) is 332 Å². The van der Waals surface area contributed by atoms with Gasteiger partial charge in [-0.3, -0.25) is 19.2 Å². The fraction of sp³-hybridized carbons (Fsp3) is 0.528. The number of aliphatic hydroxyl groups excluding tert-OH is 5. The normalized spacial score (nSPS) is 14.7. The van der Waals surface area contributed by atoms with Crippen LogP contribution in [0.4, 0.5) is 0 Å². The Kier molecular flexibility index (Phi) is 90.2. The number of aliphatic hydroxyl groups is 5. The molecule has 0 bridgehead atoms. The number of methoxy groups -OCH3 is 3. The van der Waals surface area contributed by atoms with Gasteiger partial charge in [-0.15, -0.1) is 0 Å². The predicted octanol–water partition coefficient (Wildman–Crippen LogP) is 18.7. The van der Waals surface area contributed by atoms with Gasteiger partial charge < -0.3 is 118 Å². The van der Waals surface area contributed by atoms with Crippen molar-refractivity contribution in [1.82, 2.24) is 0 Å². The molecule has 3 saturated carbocycles. The molecule has 8 rings (SSSR count). The van der Waals surface area contributed by atoms with Crippen LogP contribution in [0.3, 0.4) is 0 Å². The van der Waals surface area contributed by atoms with E-state index in [0.717, 1.165) is 164 Å². The van der Waals surface area contributed by atoms with Crippen molar-refractivity contribution in [1.29, 1.82) is 0 Å². The van der Waals surface area contributed by atoms with Crippen LogP contribution in [0.5, 0.6) is 28.7 Å². The lowest BCUT2D eigenvalue weighted by atomic mass is 9.88. The van der Waals surface area contributed by atoms with Crippen molar-refractivity contribution in [2.75, 3.05) is 112 Å². The molecule has 145 heavy (non-hydrogen) atoms. The molecule has 11 N–H and O–H groups in total. The monoisotopic (exact) mass is 2150 g/mol. The quantitative estimate of drug-likeness (QED) is 0.00327. The molecule has 0 unspecified atom stereocenters. The number of ether oxygens (including phenoxy) is 13. The van der Waals surface area contributed by atoms with Gasteiger partial charge in [-0.2, -0.15) is 0 Å². The van der Waals surface area contributed by atoms with Gasteiger partial charge in [0.15, 0.2) is 13.6 Å². The number of aliphatic carboxylic acids is 1. The zero-order valence-electron chi connectivity index (χ0n) is 83.9. The maximum absolute atomic E-state index is 11.3. The highest BCUT2D eigenvalue weighted by Crippen LogP contribution is 2.28. The number of aromatic hydroxyl groups is 1. The van der Waals surface area contributed by atoms with Crippen LogP contribution < -0.4 is 18.9 Å². The van der Waals surface area contributed by atoms with Crippen LogP contribution in [-0.2, 0) is 76.2 Å². The van der Waals surface area contributed by atoms with E-state index in [9.17, 15) is 67.7 Å². The number of benzene rings is 5. The Bertz CT molecular complexity index is 3990. The molecule has 0 heterocycles. The lowest BCUT2D eigenvalue weighted by molar-refractivity contribution is -0.161. The highest BCUT2D eigenvalue weighted by molar-refractivity contribution is 9.09. The van der Waals surface area contributed by atoms with Crippen molar-refractivity contribution < 1.29 is 175 Å². The Hall–Kier alpha value is -11.4. The molecule has 814 valence electrons. The first kappa shape index (κ1) is 138. The Labute approximate surface area is 869 Å². The maximum Gasteiger partial charge on any atom is 0.338 e. The average Bonchev–Trinajstić information content (AvgIpc) is 1.59. The molecule has 5 aromatic rings. The van der Waals surface area contributed by atoms with Crippen LogP contribution in [0.15, 0.2) is 172 Å². The van der Waals surface area contributed by atoms with Gasteiger partial charge in [0.2, 0.25) is 5.24 Å². The minimum Gasteiger partial charge on any atom is -0.508 e. The molecule has 0 aromatic heterocycles. The second-order valence-corrected chi connectivity index (χ2v) is 33.2. The molecule has 36 nitrogen and oxygen atoms in total. The number of phenolic OH excluding ortho intramolecular Hbond substituents is 1. The van der Waals surface area contributed by atoms with E-state index in [1.54, 1.807) is 62.6 Å². The van der Waals surface area contributed by atoms with Crippen LogP contribution in [0.1, 0.15) is 264 Å². The smallest absolute Gasteiger partial charge is 0.338 e. The number of carbonyl (C=O) groups excluding carboxylic acids is 7. The van der Waals surface area contributed by atoms with Crippen molar-refractivity contribution in [3.8, 4) is 28.7 Å². The number of phenols is 1. The molecule has 0 aliphatic heterocycles. The molecule has 0 atom stereocenters. The number of allylic oxidation sites excluding steroid dienone is 1. The number of alkyl halides is 2. The first-order valence-corrected chi connectivity index (χ1v) is 50.1. The number of carbonyl (C=O) groups is 12. The van der Waals surface area contributed by atoms with Crippen molar-refractivity contribution in [2.45, 2.75) is 231 Å². The van der Waals surface area contributed by atoms with Gasteiger partial charge in [0.1, 0.15) is 34.8 Å². The lowest BCUT2D eigenvalue weighted by Gasteiger charge is -2.23. The summed E-state index contributed by atoms with van der Waals surface area (Å²) < 4.78 is 64.5. The van der Waals surface area contributed by atoms with Gasteiger partial charge >= 0.3 is 65.7 Å². The predicted molar refractivity (Wildman–Crippen MR) is 550 cm³/mol. The van der Waals surface area contributed by atoms with Crippen molar-refractivity contribution >= 4 is 110 Å². The molecule has 0 saturated heterocycles. The number of hydrogen-bond acceptors (Lipinski definition) is 31. The molecule has 5 aromatic carbocycles. The highest BCUT2D eigenvalue weighted by Gasteiger charge is 2.28. The van der Waals surface area contributed by atoms with E-state index in [1.165, 1.54) is 106 Å². The second-order valence-electron chi connectivity index (χ2n) is 31.8. The van der Waals surface area contributed by atoms with Crippen LogP contribution in [-0.4, -0.2) is 258 Å². The number of carboxylic acids is 5. The van der Waals surface area contributed by atoms with Crippen LogP contribution in [0.25, 0.3) is 0 Å². The Morgan fingerprint density at radius 3 is 0.793 bits per heavy atom. The van der Waals surface area contributed by atoms with E-state index < -0.39 is 35.1 Å². The lowest BCUT2D eigenvalue weighted by Crippen LogP contribution is -2.26. The largest absolute Gasteiger partial charge is 0.508 e. The second kappa shape index (κ2) is 94.9. The fourth-order valence-electron chi connectivity index (χ4n) is 12.3. The SMILES string of the molecule is C=CC(=O)Cl.C=CC(=O)OCCCCCCOc1ccc(C(=O)O)cc1.C=CC(=O)OCCCCCCOc1ccc(C(=O)O)cc1.C=CC(=O)OCCCCCCOc1ccc(C(=O)O)cc1.CCOC(=O)c1ccc(O)cc1.COCCl.COCOC(=O)C1CCC(O)CC1.COCOC(=O)C1CCC(O)CC1.O=C(O)C1CCC(O)CC1.O=C(O)c1ccc(OCCCCCCO)cc1.OCCCCCCBr. The molecule has 3 aliphatic carbocycles. The Morgan fingerprint density at radius 2 is 0.579 bits per heavy atom. The third-order valence-electron chi connectivity index (χ3n) is 20.3. The number of hydrogen-bond donors (Lipinski definition) is 11. The van der Waals surface area contributed by atoms with Crippen molar-refractivity contribution in [3.05, 3.63) is 200 Å². The van der Waals surface area contributed by atoms with Crippen LogP contribution in [0.2, 0.25) is 0 Å². The van der Waals surface area contributed by atoms with Crippen molar-refractivity contribution in [2.24, 2.45) is 17.8 Å². The summed E-state index contributed by atoms with van der Waals surface area (Å²) in [7, 11) is 4.52. The number of unbranched alkanes of at least 4 members (excludes halogenated alkanes) is 15. The van der Waals surface area contributed by atoms with Gasteiger partial charge in [0.05, 0.1) is 117 Å². The van der Waals surface area contributed by atoms with E-state index in [2.05, 4.69) is 56.5 Å². The van der Waals surface area contributed by atoms with E-state index >= 15 is 0 Å². The number of rotatable bonds is 54. The van der Waals surface area contributed by atoms with E-state index in [1.807, 2.05) is 0 Å². The number of carboxylic acid groups (broad SMARTS) is 5. The summed E-state index contributed by atoms with van der Waals surface area (Å²) in [5, 5.41) is 97.4. The van der Waals surface area contributed by atoms with Gasteiger partial charge in [-0.25, -0.2) is 38.4 Å². The van der Waals surface area contributed by atoms with Gasteiger partial charge in [-0.1, -0.05) is 73.1 Å². The summed E-state index contributed by atoms with van der Waals surface area (Å²) in [4.78, 5) is 128. The summed E-state index contributed by atoms with van der Waals surface area (Å²) in [5.74, 6) is -3.86. The number of esters is 6. The van der Waals surface area contributed by atoms with Crippen LogP contribution >= 0.6 is 39.1 Å². The summed E-state index contributed by atoms with van der Waals surface area (Å²) >= 11 is 13.0. The minimum atomic E-state index is -0.946. The Balaban J connectivity index is -0.00000157. The zero-order chi connectivity index (χ0) is 109. The molecule has 0 amide bonds. The number of aromatic carboxylic acids is 4. The standard InChI is InChI=1S/3C16H20O5.C13H18O4.2C9H16O4.C9H10O3.C7H12O3.C6H13BrO.C3H3ClO.C2H5ClO/c3*1-2-15(17)21-12-6-4-3-5-11-20-14-9-7-13(8-10-14)16(18)19;14-9-3-1-2-4-10-17-12-7-5-11(6-8-12)13(15)16;2*1-12-6-13-9(11)7-2-4-8(10)5-3-7;1-2-12-9(11)7-3-5-8(10)6-4-7;8-6-3-1-5(2-4-6)7(9)10;7-5-3-1-2-4-6-8;1-2-3(4)5;1-4-2-3/h3*2,7-10H,1,3-6,11-12H2,(H,18,19);5-8,14H,1-4,9-10H2,(H,15,16);2*7-8,10H,2-6H2,1H3;3-6,10H,2H2,1H3;5-6,8H,1-4H2,(H,9,10);8H,1-6H2;2H,1H2;2H2,1H3. The molecule has 0 spiro atoms. The summed E-state index contributed by atoms with van der Waals surface area (Å²) in [6.45, 7) is 19.4. The fourth-order valence-corrected chi connectivity index (χ4v) is 12.7. The molecule has 0 radical (unpaired) electrons. The first-order valence-electron chi connectivity index (χ1n) is 48.1. The van der Waals surface area contributed by atoms with E-state index in [0.29, 0.717) is 145 Å². The third kappa shape index (κ3) is 81.5. The Morgan fingerprint density at radius 1 is 0.338 bits per heavy atom. The highest BCUT2D eigenvalue weighted by atomic mass is 79.9. The third-order valence-corrected chi connectivity index (χ3v) is 21.2. The first-order chi connectivity index (χ1) is 69.6. The van der Waals surface area contributed by atoms with Crippen LogP contribution in [0, 0.1) is 17.8 Å².